The predicted octanol–water partition coefficient (Wildman–Crippen LogP) is 1.47. The van der Waals surface area contributed by atoms with Crippen molar-refractivity contribution < 1.29 is 13.2 Å². The maximum absolute atomic E-state index is 12.1. The SMILES string of the molecule is Nc1cc(Br)ccc1S(=O)(=O)CCC(=O)NC1CC1. The van der Waals surface area contributed by atoms with Gasteiger partial charge in [0.15, 0.2) is 9.84 Å². The van der Waals surface area contributed by atoms with Gasteiger partial charge < -0.3 is 11.1 Å². The molecule has 5 nitrogen and oxygen atoms in total. The van der Waals surface area contributed by atoms with Crippen LogP contribution in [0.15, 0.2) is 27.6 Å². The predicted molar refractivity (Wildman–Crippen MR) is 76.4 cm³/mol. The lowest BCUT2D eigenvalue weighted by molar-refractivity contribution is -0.120. The summed E-state index contributed by atoms with van der Waals surface area (Å²) in [6.45, 7) is 0. The number of nitrogen functional groups attached to an aromatic ring is 1. The summed E-state index contributed by atoms with van der Waals surface area (Å²) in [7, 11) is -3.52. The van der Waals surface area contributed by atoms with Crippen LogP contribution in [0.5, 0.6) is 0 Å². The minimum absolute atomic E-state index is 0.0334. The molecule has 0 radical (unpaired) electrons. The number of benzene rings is 1. The number of carbonyl (C=O) groups excluding carboxylic acids is 1. The Morgan fingerprint density at radius 1 is 1.42 bits per heavy atom. The lowest BCUT2D eigenvalue weighted by Crippen LogP contribution is -2.27. The van der Waals surface area contributed by atoms with Gasteiger partial charge in [0, 0.05) is 16.9 Å². The van der Waals surface area contributed by atoms with E-state index in [2.05, 4.69) is 21.2 Å². The molecule has 0 spiro atoms. The van der Waals surface area contributed by atoms with Crippen LogP contribution in [0.1, 0.15) is 19.3 Å². The fraction of sp³-hybridized carbons (Fsp3) is 0.417. The molecular weight excluding hydrogens is 332 g/mol. The summed E-state index contributed by atoms with van der Waals surface area (Å²) in [4.78, 5) is 11.6. The molecule has 1 saturated carbocycles. The Bertz CT molecular complexity index is 597. The van der Waals surface area contributed by atoms with Crippen LogP contribution in [-0.4, -0.2) is 26.1 Å². The Hall–Kier alpha value is -1.08. The van der Waals surface area contributed by atoms with E-state index in [1.807, 2.05) is 0 Å². The molecule has 0 atom stereocenters. The second-order valence-corrected chi connectivity index (χ2v) is 7.59. The number of halogens is 1. The molecule has 19 heavy (non-hydrogen) atoms. The molecule has 0 unspecified atom stereocenters. The van der Waals surface area contributed by atoms with Gasteiger partial charge in [-0.2, -0.15) is 0 Å². The summed E-state index contributed by atoms with van der Waals surface area (Å²) in [6, 6.07) is 4.85. The summed E-state index contributed by atoms with van der Waals surface area (Å²) in [5.74, 6) is -0.445. The average Bonchev–Trinajstić information content (AvgIpc) is 3.10. The highest BCUT2D eigenvalue weighted by Crippen LogP contribution is 2.24. The Balaban J connectivity index is 2.02. The first-order valence-electron chi connectivity index (χ1n) is 5.95. The van der Waals surface area contributed by atoms with Crippen molar-refractivity contribution in [3.63, 3.8) is 0 Å². The number of amides is 1. The van der Waals surface area contributed by atoms with Gasteiger partial charge in [-0.05, 0) is 31.0 Å². The molecular formula is C12H15BrN2O3S. The van der Waals surface area contributed by atoms with E-state index in [0.29, 0.717) is 0 Å². The van der Waals surface area contributed by atoms with Crippen LogP contribution < -0.4 is 11.1 Å². The Labute approximate surface area is 120 Å². The third kappa shape index (κ3) is 3.94. The lowest BCUT2D eigenvalue weighted by Gasteiger charge is -2.08. The Kier molecular flexibility index (Phi) is 4.15. The van der Waals surface area contributed by atoms with Crippen molar-refractivity contribution in [3.05, 3.63) is 22.7 Å². The zero-order chi connectivity index (χ0) is 14.0. The number of sulfone groups is 1. The standard InChI is InChI=1S/C12H15BrN2O3S/c13-8-1-4-11(10(14)7-8)19(17,18)6-5-12(16)15-9-2-3-9/h1,4,7,9H,2-3,5-6,14H2,(H,15,16). The normalized spacial score (nSPS) is 15.2. The minimum Gasteiger partial charge on any atom is -0.398 e. The van der Waals surface area contributed by atoms with Crippen LogP contribution in [0.2, 0.25) is 0 Å². The molecule has 1 aromatic rings. The van der Waals surface area contributed by atoms with Crippen molar-refractivity contribution in [2.75, 3.05) is 11.5 Å². The molecule has 2 rings (SSSR count). The summed E-state index contributed by atoms with van der Waals surface area (Å²) < 4.78 is 24.9. The second kappa shape index (κ2) is 5.50. The van der Waals surface area contributed by atoms with E-state index in [-0.39, 0.29) is 34.7 Å². The number of anilines is 1. The number of hydrogen-bond donors (Lipinski definition) is 2. The van der Waals surface area contributed by atoms with E-state index in [1.54, 1.807) is 6.07 Å². The molecule has 0 heterocycles. The van der Waals surface area contributed by atoms with Gasteiger partial charge in [-0.15, -0.1) is 0 Å². The largest absolute Gasteiger partial charge is 0.398 e. The first kappa shape index (κ1) is 14.3. The molecule has 0 aliphatic heterocycles. The van der Waals surface area contributed by atoms with Gasteiger partial charge in [-0.1, -0.05) is 15.9 Å². The highest BCUT2D eigenvalue weighted by atomic mass is 79.9. The molecule has 0 aromatic heterocycles. The summed E-state index contributed by atoms with van der Waals surface area (Å²) >= 11 is 3.22. The van der Waals surface area contributed by atoms with E-state index < -0.39 is 9.84 Å². The minimum atomic E-state index is -3.52. The van der Waals surface area contributed by atoms with Crippen molar-refractivity contribution in [2.24, 2.45) is 0 Å². The second-order valence-electron chi connectivity index (χ2n) is 4.59. The van der Waals surface area contributed by atoms with Crippen molar-refractivity contribution in [2.45, 2.75) is 30.2 Å². The molecule has 104 valence electrons. The van der Waals surface area contributed by atoms with Crippen LogP contribution >= 0.6 is 15.9 Å². The van der Waals surface area contributed by atoms with Crippen LogP contribution in [0.4, 0.5) is 5.69 Å². The number of rotatable bonds is 5. The van der Waals surface area contributed by atoms with Crippen LogP contribution in [0.3, 0.4) is 0 Å². The van der Waals surface area contributed by atoms with Crippen molar-refractivity contribution in [1.82, 2.24) is 5.32 Å². The highest BCUT2D eigenvalue weighted by molar-refractivity contribution is 9.10. The Morgan fingerprint density at radius 3 is 2.68 bits per heavy atom. The molecule has 1 fully saturated rings. The molecule has 1 aliphatic rings. The van der Waals surface area contributed by atoms with Crippen LogP contribution in [0, 0.1) is 0 Å². The monoisotopic (exact) mass is 346 g/mol. The van der Waals surface area contributed by atoms with Crippen molar-refractivity contribution >= 4 is 37.4 Å². The maximum Gasteiger partial charge on any atom is 0.221 e. The first-order chi connectivity index (χ1) is 8.88. The summed E-state index contributed by atoms with van der Waals surface area (Å²) in [5, 5.41) is 2.76. The zero-order valence-electron chi connectivity index (χ0n) is 10.2. The van der Waals surface area contributed by atoms with E-state index in [4.69, 9.17) is 5.73 Å². The summed E-state index contributed by atoms with van der Waals surface area (Å²) in [6.07, 6.45) is 1.94. The van der Waals surface area contributed by atoms with E-state index in [0.717, 1.165) is 17.3 Å². The average molecular weight is 347 g/mol. The zero-order valence-corrected chi connectivity index (χ0v) is 12.6. The number of nitrogens with two attached hydrogens (primary N) is 1. The van der Waals surface area contributed by atoms with Gasteiger partial charge in [0.2, 0.25) is 5.91 Å². The van der Waals surface area contributed by atoms with Gasteiger partial charge in [0.05, 0.1) is 16.3 Å². The van der Waals surface area contributed by atoms with Crippen LogP contribution in [0.25, 0.3) is 0 Å². The Morgan fingerprint density at radius 2 is 2.11 bits per heavy atom. The van der Waals surface area contributed by atoms with Gasteiger partial charge in [-0.3, -0.25) is 4.79 Å². The molecule has 7 heteroatoms. The molecule has 0 bridgehead atoms. The van der Waals surface area contributed by atoms with Gasteiger partial charge >= 0.3 is 0 Å². The quantitative estimate of drug-likeness (QED) is 0.790. The van der Waals surface area contributed by atoms with Gasteiger partial charge in [0.1, 0.15) is 0 Å². The molecule has 0 saturated heterocycles. The fourth-order valence-corrected chi connectivity index (χ4v) is 3.41. The number of carbonyl (C=O) groups is 1. The van der Waals surface area contributed by atoms with Crippen molar-refractivity contribution in [1.29, 1.82) is 0 Å². The smallest absolute Gasteiger partial charge is 0.221 e. The lowest BCUT2D eigenvalue weighted by atomic mass is 10.3. The third-order valence-electron chi connectivity index (χ3n) is 2.85. The molecule has 1 aliphatic carbocycles. The molecule has 3 N–H and O–H groups in total. The first-order valence-corrected chi connectivity index (χ1v) is 8.40. The van der Waals surface area contributed by atoms with E-state index >= 15 is 0 Å². The topological polar surface area (TPSA) is 89.3 Å². The maximum atomic E-state index is 12.1. The molecule has 1 amide bonds. The summed E-state index contributed by atoms with van der Waals surface area (Å²) in [5.41, 5.74) is 5.89. The number of nitrogens with one attached hydrogen (secondary N) is 1. The third-order valence-corrected chi connectivity index (χ3v) is 5.12. The van der Waals surface area contributed by atoms with Gasteiger partial charge in [0.25, 0.3) is 0 Å². The van der Waals surface area contributed by atoms with E-state index in [1.165, 1.54) is 12.1 Å². The van der Waals surface area contributed by atoms with Gasteiger partial charge in [-0.25, -0.2) is 8.42 Å². The van der Waals surface area contributed by atoms with Crippen molar-refractivity contribution in [3.8, 4) is 0 Å². The van der Waals surface area contributed by atoms with E-state index in [9.17, 15) is 13.2 Å². The molecule has 1 aromatic carbocycles. The highest BCUT2D eigenvalue weighted by Gasteiger charge is 2.25. The number of hydrogen-bond acceptors (Lipinski definition) is 4. The fourth-order valence-electron chi connectivity index (χ4n) is 1.67. The van der Waals surface area contributed by atoms with Crippen LogP contribution in [-0.2, 0) is 14.6 Å².